The monoisotopic (exact) mass is 417 g/mol. The first-order chi connectivity index (χ1) is 14.7. The summed E-state index contributed by atoms with van der Waals surface area (Å²) in [5.41, 5.74) is 3.20. The molecule has 7 heteroatoms. The number of carbonyl (C=O) groups is 1. The van der Waals surface area contributed by atoms with Crippen LogP contribution < -0.4 is 5.32 Å². The Labute approximate surface area is 179 Å². The average Bonchev–Trinajstić information content (AvgIpc) is 3.43. The van der Waals surface area contributed by atoms with Gasteiger partial charge in [-0.1, -0.05) is 61.2 Å². The first-order valence-electron chi connectivity index (χ1n) is 9.86. The maximum Gasteiger partial charge on any atom is 0.234 e. The topological polar surface area (TPSA) is 64.7 Å². The second kappa shape index (κ2) is 9.45. The van der Waals surface area contributed by atoms with Gasteiger partial charge in [-0.2, -0.15) is 0 Å². The Morgan fingerprint density at radius 1 is 0.933 bits per heavy atom. The van der Waals surface area contributed by atoms with Gasteiger partial charge in [-0.15, -0.1) is 10.2 Å². The molecular formula is C23H23N5OS. The van der Waals surface area contributed by atoms with E-state index in [-0.39, 0.29) is 11.7 Å². The molecule has 30 heavy (non-hydrogen) atoms. The Balaban J connectivity index is 1.47. The molecule has 0 aliphatic carbocycles. The van der Waals surface area contributed by atoms with Crippen molar-refractivity contribution in [3.63, 3.8) is 0 Å². The van der Waals surface area contributed by atoms with Crippen LogP contribution >= 0.6 is 11.8 Å². The minimum atomic E-state index is -0.0732. The minimum absolute atomic E-state index is 0.0732. The van der Waals surface area contributed by atoms with E-state index in [1.54, 1.807) is 0 Å². The van der Waals surface area contributed by atoms with Crippen molar-refractivity contribution in [2.24, 2.45) is 0 Å². The fourth-order valence-electron chi connectivity index (χ4n) is 3.12. The highest BCUT2D eigenvalue weighted by atomic mass is 32.2. The summed E-state index contributed by atoms with van der Waals surface area (Å²) in [6.07, 6.45) is 5.52. The third kappa shape index (κ3) is 4.80. The Kier molecular flexibility index (Phi) is 6.29. The van der Waals surface area contributed by atoms with E-state index in [9.17, 15) is 4.79 Å². The van der Waals surface area contributed by atoms with E-state index in [4.69, 9.17) is 0 Å². The number of rotatable bonds is 8. The van der Waals surface area contributed by atoms with E-state index < -0.39 is 0 Å². The lowest BCUT2D eigenvalue weighted by molar-refractivity contribution is -0.113. The van der Waals surface area contributed by atoms with Crippen LogP contribution in [0.15, 0.2) is 84.3 Å². The van der Waals surface area contributed by atoms with Gasteiger partial charge < -0.3 is 5.32 Å². The molecule has 4 aromatic rings. The molecule has 0 spiro atoms. The normalized spacial score (nSPS) is 10.8. The molecule has 0 aliphatic rings. The molecule has 0 atom stereocenters. The van der Waals surface area contributed by atoms with Gasteiger partial charge in [0.05, 0.1) is 5.75 Å². The van der Waals surface area contributed by atoms with Gasteiger partial charge in [-0.05, 0) is 41.8 Å². The summed E-state index contributed by atoms with van der Waals surface area (Å²) in [5, 5.41) is 12.3. The third-order valence-corrected chi connectivity index (χ3v) is 5.60. The van der Waals surface area contributed by atoms with Crippen molar-refractivity contribution in [3.8, 4) is 0 Å². The van der Waals surface area contributed by atoms with Gasteiger partial charge in [-0.25, -0.2) is 4.68 Å². The van der Waals surface area contributed by atoms with Crippen LogP contribution in [-0.4, -0.2) is 31.2 Å². The van der Waals surface area contributed by atoms with Crippen molar-refractivity contribution in [1.82, 2.24) is 19.5 Å². The van der Waals surface area contributed by atoms with E-state index in [0.717, 1.165) is 23.5 Å². The molecule has 0 saturated heterocycles. The zero-order valence-corrected chi connectivity index (χ0v) is 17.5. The SMILES string of the molecule is CCc1ccc(NC(=O)CSc2nnc(Cc3ccccc3)n2-n2cccc2)cc1. The van der Waals surface area contributed by atoms with Gasteiger partial charge in [0.25, 0.3) is 0 Å². The fourth-order valence-corrected chi connectivity index (χ4v) is 3.87. The van der Waals surface area contributed by atoms with Gasteiger partial charge >= 0.3 is 0 Å². The smallest absolute Gasteiger partial charge is 0.234 e. The summed E-state index contributed by atoms with van der Waals surface area (Å²) in [6.45, 7) is 2.11. The molecule has 0 bridgehead atoms. The molecule has 0 saturated carbocycles. The summed E-state index contributed by atoms with van der Waals surface area (Å²) >= 11 is 1.37. The van der Waals surface area contributed by atoms with Crippen LogP contribution in [-0.2, 0) is 17.6 Å². The largest absolute Gasteiger partial charge is 0.325 e. The molecular weight excluding hydrogens is 394 g/mol. The molecule has 1 N–H and O–H groups in total. The van der Waals surface area contributed by atoms with Crippen LogP contribution in [0.5, 0.6) is 0 Å². The molecule has 6 nitrogen and oxygen atoms in total. The maximum absolute atomic E-state index is 12.4. The lowest BCUT2D eigenvalue weighted by Crippen LogP contribution is -2.16. The van der Waals surface area contributed by atoms with Crippen LogP contribution in [0.4, 0.5) is 5.69 Å². The Morgan fingerprint density at radius 2 is 1.67 bits per heavy atom. The lowest BCUT2D eigenvalue weighted by Gasteiger charge is -2.11. The molecule has 1 amide bonds. The number of amides is 1. The summed E-state index contributed by atoms with van der Waals surface area (Å²) < 4.78 is 3.88. The second-order valence-corrected chi connectivity index (χ2v) is 7.77. The van der Waals surface area contributed by atoms with Crippen molar-refractivity contribution >= 4 is 23.4 Å². The molecule has 2 aromatic carbocycles. The standard InChI is InChI=1S/C23H23N5OS/c1-2-18-10-12-20(13-11-18)24-22(29)17-30-23-26-25-21(16-19-8-4-3-5-9-19)28(23)27-14-6-7-15-27/h3-15H,2,16-17H2,1H3,(H,24,29). The Morgan fingerprint density at radius 3 is 2.37 bits per heavy atom. The van der Waals surface area contributed by atoms with Crippen LogP contribution in [0.3, 0.4) is 0 Å². The number of hydrogen-bond acceptors (Lipinski definition) is 4. The highest BCUT2D eigenvalue weighted by Crippen LogP contribution is 2.20. The number of nitrogens with zero attached hydrogens (tertiary/aromatic N) is 4. The number of hydrogen-bond donors (Lipinski definition) is 1. The summed E-state index contributed by atoms with van der Waals surface area (Å²) in [6, 6.07) is 22.0. The number of benzene rings is 2. The van der Waals surface area contributed by atoms with Gasteiger partial charge in [0.1, 0.15) is 0 Å². The quantitative estimate of drug-likeness (QED) is 0.435. The number of thioether (sulfide) groups is 1. The predicted octanol–water partition coefficient (Wildman–Crippen LogP) is 4.28. The van der Waals surface area contributed by atoms with Crippen LogP contribution in [0.2, 0.25) is 0 Å². The number of anilines is 1. The molecule has 0 unspecified atom stereocenters. The lowest BCUT2D eigenvalue weighted by atomic mass is 10.1. The zero-order valence-electron chi connectivity index (χ0n) is 16.7. The zero-order chi connectivity index (χ0) is 20.8. The summed E-state index contributed by atoms with van der Waals surface area (Å²) in [4.78, 5) is 12.4. The molecule has 0 fully saturated rings. The number of aryl methyl sites for hydroxylation is 1. The van der Waals surface area contributed by atoms with Crippen LogP contribution in [0.25, 0.3) is 0 Å². The van der Waals surface area contributed by atoms with Crippen molar-refractivity contribution in [1.29, 1.82) is 0 Å². The number of carbonyl (C=O) groups excluding carboxylic acids is 1. The van der Waals surface area contributed by atoms with Gasteiger partial charge in [0.15, 0.2) is 5.82 Å². The highest BCUT2D eigenvalue weighted by molar-refractivity contribution is 7.99. The first kappa shape index (κ1) is 20.0. The molecule has 152 valence electrons. The van der Waals surface area contributed by atoms with Gasteiger partial charge in [0.2, 0.25) is 11.1 Å². The van der Waals surface area contributed by atoms with E-state index in [0.29, 0.717) is 11.6 Å². The summed E-state index contributed by atoms with van der Waals surface area (Å²) in [5.74, 6) is 0.992. The molecule has 0 radical (unpaired) electrons. The molecule has 2 aromatic heterocycles. The third-order valence-electron chi connectivity index (χ3n) is 4.68. The van der Waals surface area contributed by atoms with Crippen molar-refractivity contribution < 1.29 is 4.79 Å². The number of aromatic nitrogens is 4. The molecule has 2 heterocycles. The van der Waals surface area contributed by atoms with E-state index in [2.05, 4.69) is 34.6 Å². The molecule has 0 aliphatic heterocycles. The second-order valence-electron chi connectivity index (χ2n) is 6.82. The van der Waals surface area contributed by atoms with E-state index in [1.165, 1.54) is 17.3 Å². The summed E-state index contributed by atoms with van der Waals surface area (Å²) in [7, 11) is 0. The predicted molar refractivity (Wildman–Crippen MR) is 120 cm³/mol. The van der Waals surface area contributed by atoms with Gasteiger partial charge in [0, 0.05) is 24.5 Å². The van der Waals surface area contributed by atoms with Crippen LogP contribution in [0, 0.1) is 0 Å². The van der Waals surface area contributed by atoms with Crippen molar-refractivity contribution in [2.45, 2.75) is 24.9 Å². The van der Waals surface area contributed by atoms with Crippen LogP contribution in [0.1, 0.15) is 23.9 Å². The number of nitrogens with one attached hydrogen (secondary N) is 1. The first-order valence-corrected chi connectivity index (χ1v) is 10.8. The van der Waals surface area contributed by atoms with Crippen molar-refractivity contribution in [3.05, 3.63) is 96.1 Å². The van der Waals surface area contributed by atoms with Gasteiger partial charge in [-0.3, -0.25) is 9.47 Å². The van der Waals surface area contributed by atoms with Crippen molar-refractivity contribution in [2.75, 3.05) is 11.1 Å². The van der Waals surface area contributed by atoms with E-state index in [1.807, 2.05) is 76.3 Å². The fraction of sp³-hybridized carbons (Fsp3) is 0.174. The maximum atomic E-state index is 12.4. The molecule has 4 rings (SSSR count). The highest BCUT2D eigenvalue weighted by Gasteiger charge is 2.16. The Bertz CT molecular complexity index is 1090. The van der Waals surface area contributed by atoms with E-state index >= 15 is 0 Å². The Hall–Kier alpha value is -3.32. The minimum Gasteiger partial charge on any atom is -0.325 e. The average molecular weight is 418 g/mol.